The Balaban J connectivity index is 1.91. The normalized spacial score (nSPS) is 16.0. The average molecular weight is 323 g/mol. The number of nitrogens with zero attached hydrogens (tertiary/aromatic N) is 1. The monoisotopic (exact) mass is 322 g/mol. The first-order valence-electron chi connectivity index (χ1n) is 7.74. The first-order valence-corrected chi connectivity index (χ1v) is 8.12. The Bertz CT molecular complexity index is 564. The van der Waals surface area contributed by atoms with Gasteiger partial charge in [-0.3, -0.25) is 9.59 Å². The van der Waals surface area contributed by atoms with Gasteiger partial charge in [-0.25, -0.2) is 0 Å². The van der Waals surface area contributed by atoms with Gasteiger partial charge in [-0.1, -0.05) is 25.4 Å². The summed E-state index contributed by atoms with van der Waals surface area (Å²) in [5, 5.41) is 3.64. The van der Waals surface area contributed by atoms with Crippen molar-refractivity contribution in [2.45, 2.75) is 33.6 Å². The topological polar surface area (TPSA) is 49.4 Å². The van der Waals surface area contributed by atoms with Crippen LogP contribution in [-0.4, -0.2) is 29.8 Å². The van der Waals surface area contributed by atoms with Crippen LogP contribution in [0.3, 0.4) is 0 Å². The molecular formula is C17H23ClN2O2. The molecule has 0 aromatic heterocycles. The second kappa shape index (κ2) is 7.14. The van der Waals surface area contributed by atoms with Crippen molar-refractivity contribution in [2.24, 2.45) is 11.8 Å². The second-order valence-electron chi connectivity index (χ2n) is 6.20. The Morgan fingerprint density at radius 3 is 2.45 bits per heavy atom. The molecule has 4 nitrogen and oxygen atoms in total. The summed E-state index contributed by atoms with van der Waals surface area (Å²) in [5.74, 6) is 0.183. The number of benzene rings is 1. The van der Waals surface area contributed by atoms with E-state index in [0.29, 0.717) is 18.1 Å². The van der Waals surface area contributed by atoms with Crippen molar-refractivity contribution in [1.29, 1.82) is 0 Å². The summed E-state index contributed by atoms with van der Waals surface area (Å²) in [6.07, 6.45) is 1.44. The first kappa shape index (κ1) is 16.8. The highest BCUT2D eigenvalue weighted by atomic mass is 35.5. The van der Waals surface area contributed by atoms with Crippen molar-refractivity contribution in [3.8, 4) is 0 Å². The molecule has 2 rings (SSSR count). The van der Waals surface area contributed by atoms with Gasteiger partial charge in [-0.15, -0.1) is 0 Å². The van der Waals surface area contributed by atoms with Crippen molar-refractivity contribution in [2.75, 3.05) is 18.4 Å². The van der Waals surface area contributed by atoms with Gasteiger partial charge in [0.25, 0.3) is 0 Å². The lowest BCUT2D eigenvalue weighted by Crippen LogP contribution is -2.43. The third-order valence-corrected chi connectivity index (χ3v) is 4.35. The lowest BCUT2D eigenvalue weighted by Gasteiger charge is -2.32. The number of likely N-dealkylation sites (tertiary alicyclic amines) is 1. The molecule has 1 aliphatic heterocycles. The number of amides is 2. The number of hydrogen-bond donors (Lipinski definition) is 1. The van der Waals surface area contributed by atoms with Gasteiger partial charge in [0.1, 0.15) is 0 Å². The van der Waals surface area contributed by atoms with Crippen LogP contribution in [0, 0.1) is 18.8 Å². The maximum atomic E-state index is 12.4. The summed E-state index contributed by atoms with van der Waals surface area (Å²) in [5.41, 5.74) is 1.75. The number of aryl methyl sites for hydroxylation is 1. The standard InChI is InChI=1S/C17H23ClN2O2/c1-11(2)17(22)20-8-6-13(7-9-20)16(21)19-15-5-4-14(18)10-12(15)3/h4-5,10-11,13H,6-9H2,1-3H3,(H,19,21). The molecule has 2 amide bonds. The van der Waals surface area contributed by atoms with E-state index >= 15 is 0 Å². The van der Waals surface area contributed by atoms with E-state index in [0.717, 1.165) is 24.1 Å². The van der Waals surface area contributed by atoms with E-state index in [4.69, 9.17) is 11.6 Å². The molecule has 1 heterocycles. The summed E-state index contributed by atoms with van der Waals surface area (Å²) in [6.45, 7) is 7.06. The van der Waals surface area contributed by atoms with Crippen LogP contribution in [0.15, 0.2) is 18.2 Å². The second-order valence-corrected chi connectivity index (χ2v) is 6.64. The highest BCUT2D eigenvalue weighted by Crippen LogP contribution is 2.23. The SMILES string of the molecule is Cc1cc(Cl)ccc1NC(=O)C1CCN(C(=O)C(C)C)CC1. The quantitative estimate of drug-likeness (QED) is 0.926. The summed E-state index contributed by atoms with van der Waals surface area (Å²) in [6, 6.07) is 5.43. The number of nitrogens with one attached hydrogen (secondary N) is 1. The zero-order valence-electron chi connectivity index (χ0n) is 13.4. The molecule has 1 aromatic carbocycles. The van der Waals surface area contributed by atoms with Gasteiger partial charge in [0, 0.05) is 35.6 Å². The Hall–Kier alpha value is -1.55. The average Bonchev–Trinajstić information content (AvgIpc) is 2.49. The fraction of sp³-hybridized carbons (Fsp3) is 0.529. The number of halogens is 1. The summed E-state index contributed by atoms with van der Waals surface area (Å²) >= 11 is 5.92. The van der Waals surface area contributed by atoms with Crippen LogP contribution in [0.5, 0.6) is 0 Å². The third-order valence-electron chi connectivity index (χ3n) is 4.12. The largest absolute Gasteiger partial charge is 0.342 e. The van der Waals surface area contributed by atoms with Gasteiger partial charge in [-0.2, -0.15) is 0 Å². The maximum absolute atomic E-state index is 12.4. The minimum atomic E-state index is -0.0358. The molecule has 1 aromatic rings. The predicted molar refractivity (Wildman–Crippen MR) is 89.0 cm³/mol. The molecule has 1 aliphatic rings. The van der Waals surface area contributed by atoms with Crippen LogP contribution in [0.4, 0.5) is 5.69 Å². The minimum absolute atomic E-state index is 0.0158. The van der Waals surface area contributed by atoms with Crippen LogP contribution in [0.25, 0.3) is 0 Å². The zero-order valence-corrected chi connectivity index (χ0v) is 14.1. The molecule has 0 bridgehead atoms. The van der Waals surface area contributed by atoms with E-state index < -0.39 is 0 Å². The number of piperidine rings is 1. The van der Waals surface area contributed by atoms with Gasteiger partial charge in [-0.05, 0) is 43.5 Å². The number of rotatable bonds is 3. The Kier molecular flexibility index (Phi) is 5.46. The summed E-state index contributed by atoms with van der Waals surface area (Å²) < 4.78 is 0. The van der Waals surface area contributed by atoms with Crippen LogP contribution in [0.1, 0.15) is 32.3 Å². The third kappa shape index (κ3) is 4.01. The van der Waals surface area contributed by atoms with Crippen LogP contribution in [-0.2, 0) is 9.59 Å². The molecule has 0 spiro atoms. The molecular weight excluding hydrogens is 300 g/mol. The first-order chi connectivity index (χ1) is 10.4. The maximum Gasteiger partial charge on any atom is 0.227 e. The Morgan fingerprint density at radius 2 is 1.91 bits per heavy atom. The van der Waals surface area contributed by atoms with Gasteiger partial charge in [0.05, 0.1) is 0 Å². The molecule has 1 saturated heterocycles. The van der Waals surface area contributed by atoms with Gasteiger partial charge in [0.2, 0.25) is 11.8 Å². The molecule has 5 heteroatoms. The van der Waals surface area contributed by atoms with E-state index in [1.54, 1.807) is 6.07 Å². The van der Waals surface area contributed by atoms with E-state index in [1.807, 2.05) is 37.8 Å². The van der Waals surface area contributed by atoms with Crippen LogP contribution in [0.2, 0.25) is 5.02 Å². The molecule has 1 fully saturated rings. The molecule has 0 aliphatic carbocycles. The highest BCUT2D eigenvalue weighted by molar-refractivity contribution is 6.30. The number of carbonyl (C=O) groups is 2. The van der Waals surface area contributed by atoms with Crippen molar-refractivity contribution < 1.29 is 9.59 Å². The molecule has 0 atom stereocenters. The molecule has 1 N–H and O–H groups in total. The lowest BCUT2D eigenvalue weighted by atomic mass is 9.95. The van der Waals surface area contributed by atoms with Crippen LogP contribution < -0.4 is 5.32 Å². The van der Waals surface area contributed by atoms with Crippen molar-refractivity contribution >= 4 is 29.1 Å². The summed E-state index contributed by atoms with van der Waals surface area (Å²) in [7, 11) is 0. The van der Waals surface area contributed by atoms with E-state index in [1.165, 1.54) is 0 Å². The number of anilines is 1. The minimum Gasteiger partial charge on any atom is -0.342 e. The van der Waals surface area contributed by atoms with E-state index in [-0.39, 0.29) is 23.7 Å². The highest BCUT2D eigenvalue weighted by Gasteiger charge is 2.28. The molecule has 0 radical (unpaired) electrons. The Labute approximate surface area is 136 Å². The Morgan fingerprint density at radius 1 is 1.27 bits per heavy atom. The molecule has 0 unspecified atom stereocenters. The molecule has 22 heavy (non-hydrogen) atoms. The van der Waals surface area contributed by atoms with Crippen molar-refractivity contribution in [3.05, 3.63) is 28.8 Å². The molecule has 120 valence electrons. The van der Waals surface area contributed by atoms with Crippen molar-refractivity contribution in [3.63, 3.8) is 0 Å². The van der Waals surface area contributed by atoms with Gasteiger partial charge < -0.3 is 10.2 Å². The van der Waals surface area contributed by atoms with Gasteiger partial charge >= 0.3 is 0 Å². The van der Waals surface area contributed by atoms with Crippen LogP contribution >= 0.6 is 11.6 Å². The fourth-order valence-electron chi connectivity index (χ4n) is 2.73. The lowest BCUT2D eigenvalue weighted by molar-refractivity contribution is -0.137. The molecule has 0 saturated carbocycles. The fourth-order valence-corrected chi connectivity index (χ4v) is 2.96. The zero-order chi connectivity index (χ0) is 16.3. The number of carbonyl (C=O) groups excluding carboxylic acids is 2. The predicted octanol–water partition coefficient (Wildman–Crippen LogP) is 3.48. The van der Waals surface area contributed by atoms with Gasteiger partial charge in [0.15, 0.2) is 0 Å². The van der Waals surface area contributed by atoms with E-state index in [9.17, 15) is 9.59 Å². The van der Waals surface area contributed by atoms with E-state index in [2.05, 4.69) is 5.32 Å². The smallest absolute Gasteiger partial charge is 0.227 e. The van der Waals surface area contributed by atoms with Crippen molar-refractivity contribution in [1.82, 2.24) is 4.90 Å². The number of hydrogen-bond acceptors (Lipinski definition) is 2. The summed E-state index contributed by atoms with van der Waals surface area (Å²) in [4.78, 5) is 26.2.